The lowest BCUT2D eigenvalue weighted by Crippen LogP contribution is -1.92. The lowest BCUT2D eigenvalue weighted by Gasteiger charge is -2.04. The maximum absolute atomic E-state index is 5.36. The van der Waals surface area contributed by atoms with Crippen LogP contribution in [-0.4, -0.2) is 12.3 Å². The molecule has 0 spiro atoms. The average molecular weight is 207 g/mol. The van der Waals surface area contributed by atoms with Crippen molar-refractivity contribution in [2.45, 2.75) is 18.7 Å². The van der Waals surface area contributed by atoms with E-state index in [1.807, 2.05) is 17.8 Å². The Kier molecular flexibility index (Phi) is 4.77. The Morgan fingerprint density at radius 1 is 1.29 bits per heavy atom. The van der Waals surface area contributed by atoms with Crippen LogP contribution >= 0.6 is 11.8 Å². The molecule has 76 valence electrons. The molecule has 0 aromatic heterocycles. The normalized spacial score (nSPS) is 11.1. The van der Waals surface area contributed by atoms with Gasteiger partial charge in [0, 0.05) is 17.2 Å². The molecule has 1 aromatic carbocycles. The zero-order valence-electron chi connectivity index (χ0n) is 8.79. The number of thioether (sulfide) groups is 1. The molecule has 0 unspecified atom stereocenters. The number of aryl methyl sites for hydroxylation is 2. The third kappa shape index (κ3) is 3.56. The number of nitrogens with two attached hydrogens (primary N) is 1. The van der Waals surface area contributed by atoms with Crippen molar-refractivity contribution in [1.29, 1.82) is 0 Å². The molecule has 14 heavy (non-hydrogen) atoms. The predicted molar refractivity (Wildman–Crippen MR) is 64.8 cm³/mol. The van der Waals surface area contributed by atoms with E-state index in [-0.39, 0.29) is 0 Å². The van der Waals surface area contributed by atoms with Crippen molar-refractivity contribution in [3.63, 3.8) is 0 Å². The van der Waals surface area contributed by atoms with Crippen LogP contribution in [0, 0.1) is 13.8 Å². The minimum absolute atomic E-state index is 0.632. The second kappa shape index (κ2) is 5.89. The summed E-state index contributed by atoms with van der Waals surface area (Å²) >= 11 is 1.85. The summed E-state index contributed by atoms with van der Waals surface area (Å²) in [7, 11) is 0. The van der Waals surface area contributed by atoms with Gasteiger partial charge in [-0.3, -0.25) is 0 Å². The van der Waals surface area contributed by atoms with Crippen LogP contribution in [0.25, 0.3) is 0 Å². The van der Waals surface area contributed by atoms with E-state index in [1.54, 1.807) is 0 Å². The first-order valence-corrected chi connectivity index (χ1v) is 5.77. The molecule has 1 nitrogen and oxygen atoms in total. The monoisotopic (exact) mass is 207 g/mol. The zero-order chi connectivity index (χ0) is 10.4. The Morgan fingerprint density at radius 2 is 2.07 bits per heavy atom. The van der Waals surface area contributed by atoms with E-state index in [2.05, 4.69) is 38.1 Å². The van der Waals surface area contributed by atoms with Gasteiger partial charge >= 0.3 is 0 Å². The Hall–Kier alpha value is -0.730. The molecule has 0 aliphatic rings. The summed E-state index contributed by atoms with van der Waals surface area (Å²) in [5.74, 6) is 1.00. The van der Waals surface area contributed by atoms with Crippen LogP contribution in [-0.2, 0) is 0 Å². The fraction of sp³-hybridized carbons (Fsp3) is 0.333. The van der Waals surface area contributed by atoms with Gasteiger partial charge in [-0.25, -0.2) is 0 Å². The van der Waals surface area contributed by atoms with E-state index in [1.165, 1.54) is 16.0 Å². The van der Waals surface area contributed by atoms with Gasteiger partial charge in [0.1, 0.15) is 0 Å². The maximum Gasteiger partial charge on any atom is 0.0161 e. The van der Waals surface area contributed by atoms with Crippen molar-refractivity contribution in [2.24, 2.45) is 5.73 Å². The van der Waals surface area contributed by atoms with Gasteiger partial charge in [0.2, 0.25) is 0 Å². The second-order valence-electron chi connectivity index (χ2n) is 3.29. The van der Waals surface area contributed by atoms with Crippen LogP contribution in [0.5, 0.6) is 0 Å². The lowest BCUT2D eigenvalue weighted by molar-refractivity contribution is 1.25. The molecular formula is C12H17NS. The maximum atomic E-state index is 5.36. The average Bonchev–Trinajstić information content (AvgIpc) is 2.15. The summed E-state index contributed by atoms with van der Waals surface area (Å²) in [6.07, 6.45) is 4.11. The van der Waals surface area contributed by atoms with Crippen molar-refractivity contribution >= 4 is 11.8 Å². The molecule has 2 N–H and O–H groups in total. The molecule has 1 aromatic rings. The largest absolute Gasteiger partial charge is 0.327 e. The van der Waals surface area contributed by atoms with Crippen molar-refractivity contribution in [3.05, 3.63) is 41.5 Å². The Balaban J connectivity index is 2.55. The van der Waals surface area contributed by atoms with E-state index >= 15 is 0 Å². The zero-order valence-corrected chi connectivity index (χ0v) is 9.60. The van der Waals surface area contributed by atoms with Crippen LogP contribution in [0.4, 0.5) is 0 Å². The second-order valence-corrected chi connectivity index (χ2v) is 4.35. The van der Waals surface area contributed by atoms with E-state index in [0.29, 0.717) is 6.54 Å². The number of benzene rings is 1. The predicted octanol–water partition coefficient (Wildman–Crippen LogP) is 2.91. The van der Waals surface area contributed by atoms with Gasteiger partial charge in [0.25, 0.3) is 0 Å². The lowest BCUT2D eigenvalue weighted by atomic mass is 10.2. The summed E-state index contributed by atoms with van der Waals surface area (Å²) < 4.78 is 0. The van der Waals surface area contributed by atoms with E-state index in [0.717, 1.165) is 5.75 Å². The molecule has 0 atom stereocenters. The molecule has 0 aliphatic heterocycles. The highest BCUT2D eigenvalue weighted by atomic mass is 32.2. The van der Waals surface area contributed by atoms with Gasteiger partial charge in [-0.2, -0.15) is 0 Å². The quantitative estimate of drug-likeness (QED) is 0.607. The third-order valence-electron chi connectivity index (χ3n) is 1.97. The van der Waals surface area contributed by atoms with Gasteiger partial charge < -0.3 is 5.73 Å². The molecule has 0 radical (unpaired) electrons. The smallest absolute Gasteiger partial charge is 0.0161 e. The molecule has 0 heterocycles. The van der Waals surface area contributed by atoms with Crippen molar-refractivity contribution in [3.8, 4) is 0 Å². The van der Waals surface area contributed by atoms with E-state index < -0.39 is 0 Å². The summed E-state index contributed by atoms with van der Waals surface area (Å²) in [5.41, 5.74) is 8.04. The fourth-order valence-corrected chi connectivity index (χ4v) is 2.13. The topological polar surface area (TPSA) is 26.0 Å². The summed E-state index contributed by atoms with van der Waals surface area (Å²) in [6.45, 7) is 4.91. The SMILES string of the molecule is Cc1ccc(SCC=CCN)c(C)c1. The van der Waals surface area contributed by atoms with E-state index in [9.17, 15) is 0 Å². The van der Waals surface area contributed by atoms with Crippen LogP contribution < -0.4 is 5.73 Å². The molecule has 1 rings (SSSR count). The van der Waals surface area contributed by atoms with Crippen LogP contribution in [0.2, 0.25) is 0 Å². The summed E-state index contributed by atoms with van der Waals surface area (Å²) in [4.78, 5) is 1.36. The molecule has 0 bridgehead atoms. The van der Waals surface area contributed by atoms with Gasteiger partial charge in [-0.15, -0.1) is 11.8 Å². The molecule has 0 aliphatic carbocycles. The van der Waals surface area contributed by atoms with Crippen LogP contribution in [0.15, 0.2) is 35.2 Å². The highest BCUT2D eigenvalue weighted by Crippen LogP contribution is 2.22. The number of hydrogen-bond donors (Lipinski definition) is 1. The van der Waals surface area contributed by atoms with Crippen LogP contribution in [0.1, 0.15) is 11.1 Å². The first-order valence-electron chi connectivity index (χ1n) is 4.79. The first-order chi connectivity index (χ1) is 6.74. The van der Waals surface area contributed by atoms with Crippen molar-refractivity contribution in [2.75, 3.05) is 12.3 Å². The van der Waals surface area contributed by atoms with Gasteiger partial charge in [0.05, 0.1) is 0 Å². The van der Waals surface area contributed by atoms with E-state index in [4.69, 9.17) is 5.73 Å². The van der Waals surface area contributed by atoms with Gasteiger partial charge in [0.15, 0.2) is 0 Å². The van der Waals surface area contributed by atoms with Crippen molar-refractivity contribution < 1.29 is 0 Å². The molecule has 2 heteroatoms. The molecule has 0 saturated carbocycles. The minimum atomic E-state index is 0.632. The number of rotatable bonds is 4. The first kappa shape index (κ1) is 11.3. The van der Waals surface area contributed by atoms with Gasteiger partial charge in [-0.1, -0.05) is 29.8 Å². The third-order valence-corrected chi connectivity index (χ3v) is 3.10. The Bertz CT molecular complexity index is 318. The highest BCUT2D eigenvalue weighted by Gasteiger charge is 1.97. The Labute approximate surface area is 90.4 Å². The summed E-state index contributed by atoms with van der Waals surface area (Å²) in [6, 6.07) is 6.56. The van der Waals surface area contributed by atoms with Gasteiger partial charge in [-0.05, 0) is 25.5 Å². The standard InChI is InChI=1S/C12H17NS/c1-10-5-6-12(11(2)9-10)14-8-4-3-7-13/h3-6,9H,7-8,13H2,1-2H3. The summed E-state index contributed by atoms with van der Waals surface area (Å²) in [5, 5.41) is 0. The van der Waals surface area contributed by atoms with Crippen molar-refractivity contribution in [1.82, 2.24) is 0 Å². The molecule has 0 fully saturated rings. The van der Waals surface area contributed by atoms with Crippen LogP contribution in [0.3, 0.4) is 0 Å². The molecular weight excluding hydrogens is 190 g/mol. The highest BCUT2D eigenvalue weighted by molar-refractivity contribution is 7.99. The fourth-order valence-electron chi connectivity index (χ4n) is 1.26. The molecule has 0 amide bonds. The number of hydrogen-bond acceptors (Lipinski definition) is 2. The Morgan fingerprint density at radius 3 is 2.71 bits per heavy atom. The minimum Gasteiger partial charge on any atom is -0.327 e. The molecule has 0 saturated heterocycles.